The van der Waals surface area contributed by atoms with Gasteiger partial charge in [0.15, 0.2) is 0 Å². The summed E-state index contributed by atoms with van der Waals surface area (Å²) >= 11 is 0. The van der Waals surface area contributed by atoms with Crippen LogP contribution in [-0.4, -0.2) is 0 Å². The highest BCUT2D eigenvalue weighted by molar-refractivity contribution is 5.81. The van der Waals surface area contributed by atoms with E-state index in [1.807, 2.05) is 0 Å². The highest BCUT2D eigenvalue weighted by atomic mass is 14.1. The largest absolute Gasteiger partial charge is 0.0651 e. The van der Waals surface area contributed by atoms with Gasteiger partial charge in [-0.25, -0.2) is 0 Å². The van der Waals surface area contributed by atoms with Crippen molar-refractivity contribution in [3.63, 3.8) is 0 Å². The third kappa shape index (κ3) is 2.89. The third-order valence-electron chi connectivity index (χ3n) is 3.18. The maximum Gasteiger partial charge on any atom is -0.0122 e. The van der Waals surface area contributed by atoms with Crippen molar-refractivity contribution in [2.75, 3.05) is 0 Å². The lowest BCUT2D eigenvalue weighted by molar-refractivity contribution is 0.908. The SMILES string of the molecule is CCCC(C)=C(c1ccccc1)c1ccccc1. The number of hydrogen-bond donors (Lipinski definition) is 0. The molecule has 0 fully saturated rings. The summed E-state index contributed by atoms with van der Waals surface area (Å²) in [6, 6.07) is 21.4. The second-order valence-corrected chi connectivity index (χ2v) is 4.64. The predicted octanol–water partition coefficient (Wildman–Crippen LogP) is 5.31. The minimum atomic E-state index is 1.15. The summed E-state index contributed by atoms with van der Waals surface area (Å²) in [6.07, 6.45) is 2.34. The van der Waals surface area contributed by atoms with Crippen LogP contribution in [0.5, 0.6) is 0 Å². The van der Waals surface area contributed by atoms with Gasteiger partial charge in [-0.3, -0.25) is 0 Å². The first-order chi connectivity index (χ1) is 8.83. The van der Waals surface area contributed by atoms with E-state index in [2.05, 4.69) is 74.5 Å². The van der Waals surface area contributed by atoms with Crippen LogP contribution in [0.4, 0.5) is 0 Å². The van der Waals surface area contributed by atoms with Crippen molar-refractivity contribution in [3.8, 4) is 0 Å². The van der Waals surface area contributed by atoms with Crippen LogP contribution in [0.15, 0.2) is 66.2 Å². The van der Waals surface area contributed by atoms with E-state index in [1.165, 1.54) is 28.7 Å². The maximum atomic E-state index is 2.25. The average Bonchev–Trinajstić information content (AvgIpc) is 2.42. The Bertz CT molecular complexity index is 465. The van der Waals surface area contributed by atoms with Crippen LogP contribution in [0.3, 0.4) is 0 Å². The van der Waals surface area contributed by atoms with Crippen LogP contribution < -0.4 is 0 Å². The lowest BCUT2D eigenvalue weighted by Gasteiger charge is -2.13. The van der Waals surface area contributed by atoms with E-state index in [0.29, 0.717) is 0 Å². The molecule has 0 spiro atoms. The second-order valence-electron chi connectivity index (χ2n) is 4.64. The minimum absolute atomic E-state index is 1.15. The Morgan fingerprint density at radius 2 is 1.22 bits per heavy atom. The Hall–Kier alpha value is -1.82. The molecule has 0 N–H and O–H groups in total. The van der Waals surface area contributed by atoms with Crippen LogP contribution in [0.25, 0.3) is 5.57 Å². The standard InChI is InChI=1S/C18H20/c1-3-10-15(2)18(16-11-6-4-7-12-16)17-13-8-5-9-14-17/h4-9,11-14H,3,10H2,1-2H3. The first-order valence-electron chi connectivity index (χ1n) is 6.63. The molecule has 2 aromatic carbocycles. The first kappa shape index (κ1) is 12.6. The third-order valence-corrected chi connectivity index (χ3v) is 3.18. The summed E-state index contributed by atoms with van der Waals surface area (Å²) in [6.45, 7) is 4.48. The fourth-order valence-electron chi connectivity index (χ4n) is 2.37. The number of rotatable bonds is 4. The molecular formula is C18H20. The van der Waals surface area contributed by atoms with Crippen LogP contribution in [0.2, 0.25) is 0 Å². The Morgan fingerprint density at radius 3 is 1.61 bits per heavy atom. The van der Waals surface area contributed by atoms with Crippen LogP contribution in [0.1, 0.15) is 37.8 Å². The van der Waals surface area contributed by atoms with Gasteiger partial charge in [0, 0.05) is 0 Å². The molecule has 0 heteroatoms. The van der Waals surface area contributed by atoms with Crippen LogP contribution >= 0.6 is 0 Å². The smallest absolute Gasteiger partial charge is 0.0122 e. The Kier molecular flexibility index (Phi) is 4.35. The van der Waals surface area contributed by atoms with Gasteiger partial charge in [0.05, 0.1) is 0 Å². The fourth-order valence-corrected chi connectivity index (χ4v) is 2.37. The van der Waals surface area contributed by atoms with Gasteiger partial charge in [-0.2, -0.15) is 0 Å². The molecule has 0 aliphatic carbocycles. The van der Waals surface area contributed by atoms with Gasteiger partial charge in [-0.15, -0.1) is 0 Å². The van der Waals surface area contributed by atoms with E-state index >= 15 is 0 Å². The summed E-state index contributed by atoms with van der Waals surface area (Å²) in [5.41, 5.74) is 5.48. The molecule has 0 atom stereocenters. The van der Waals surface area contributed by atoms with Crippen LogP contribution in [0, 0.1) is 0 Å². The van der Waals surface area contributed by atoms with Gasteiger partial charge >= 0.3 is 0 Å². The summed E-state index contributed by atoms with van der Waals surface area (Å²) < 4.78 is 0. The molecule has 2 rings (SSSR count). The van der Waals surface area contributed by atoms with Crippen molar-refractivity contribution in [2.24, 2.45) is 0 Å². The number of hydrogen-bond acceptors (Lipinski definition) is 0. The molecule has 0 aromatic heterocycles. The molecule has 18 heavy (non-hydrogen) atoms. The molecule has 0 radical (unpaired) electrons. The van der Waals surface area contributed by atoms with Crippen molar-refractivity contribution in [1.29, 1.82) is 0 Å². The van der Waals surface area contributed by atoms with Crippen molar-refractivity contribution in [2.45, 2.75) is 26.7 Å². The zero-order valence-corrected chi connectivity index (χ0v) is 11.2. The highest BCUT2D eigenvalue weighted by Gasteiger charge is 2.07. The zero-order chi connectivity index (χ0) is 12.8. The molecular weight excluding hydrogens is 216 g/mol. The van der Waals surface area contributed by atoms with Crippen molar-refractivity contribution in [1.82, 2.24) is 0 Å². The summed E-state index contributed by atoms with van der Waals surface area (Å²) in [5.74, 6) is 0. The predicted molar refractivity (Wildman–Crippen MR) is 79.5 cm³/mol. The Morgan fingerprint density at radius 1 is 0.778 bits per heavy atom. The van der Waals surface area contributed by atoms with Gasteiger partial charge in [-0.05, 0) is 30.0 Å². The molecule has 0 saturated carbocycles. The van der Waals surface area contributed by atoms with Crippen molar-refractivity contribution >= 4 is 5.57 Å². The summed E-state index contributed by atoms with van der Waals surface area (Å²) in [7, 11) is 0. The zero-order valence-electron chi connectivity index (χ0n) is 11.2. The lowest BCUT2D eigenvalue weighted by Crippen LogP contribution is -1.92. The quantitative estimate of drug-likeness (QED) is 0.675. The minimum Gasteiger partial charge on any atom is -0.0651 e. The van der Waals surface area contributed by atoms with E-state index in [0.717, 1.165) is 6.42 Å². The monoisotopic (exact) mass is 236 g/mol. The van der Waals surface area contributed by atoms with E-state index in [9.17, 15) is 0 Å². The van der Waals surface area contributed by atoms with E-state index in [4.69, 9.17) is 0 Å². The molecule has 0 amide bonds. The molecule has 0 bridgehead atoms. The number of benzene rings is 2. The topological polar surface area (TPSA) is 0 Å². The molecule has 0 aliphatic rings. The van der Waals surface area contributed by atoms with Crippen molar-refractivity contribution < 1.29 is 0 Å². The maximum absolute atomic E-state index is 2.25. The molecule has 0 heterocycles. The molecule has 0 nitrogen and oxygen atoms in total. The van der Waals surface area contributed by atoms with Gasteiger partial charge in [0.25, 0.3) is 0 Å². The molecule has 0 saturated heterocycles. The van der Waals surface area contributed by atoms with Gasteiger partial charge in [0.2, 0.25) is 0 Å². The van der Waals surface area contributed by atoms with E-state index in [-0.39, 0.29) is 0 Å². The highest BCUT2D eigenvalue weighted by Crippen LogP contribution is 2.28. The lowest BCUT2D eigenvalue weighted by atomic mass is 9.92. The fraction of sp³-hybridized carbons (Fsp3) is 0.222. The molecule has 0 aliphatic heterocycles. The average molecular weight is 236 g/mol. The molecule has 2 aromatic rings. The summed E-state index contributed by atoms with van der Waals surface area (Å²) in [4.78, 5) is 0. The number of allylic oxidation sites excluding steroid dienone is 1. The summed E-state index contributed by atoms with van der Waals surface area (Å²) in [5, 5.41) is 0. The Labute approximate surface area is 110 Å². The normalized spacial score (nSPS) is 10.1. The molecule has 92 valence electrons. The van der Waals surface area contributed by atoms with Crippen molar-refractivity contribution in [3.05, 3.63) is 77.4 Å². The van der Waals surface area contributed by atoms with Gasteiger partial charge in [0.1, 0.15) is 0 Å². The van der Waals surface area contributed by atoms with E-state index in [1.54, 1.807) is 0 Å². The van der Waals surface area contributed by atoms with Gasteiger partial charge in [-0.1, -0.05) is 79.6 Å². The van der Waals surface area contributed by atoms with Crippen LogP contribution in [-0.2, 0) is 0 Å². The second kappa shape index (κ2) is 6.20. The van der Waals surface area contributed by atoms with Gasteiger partial charge < -0.3 is 0 Å². The first-order valence-corrected chi connectivity index (χ1v) is 6.63. The van der Waals surface area contributed by atoms with E-state index < -0.39 is 0 Å². The Balaban J connectivity index is 2.52. The molecule has 0 unspecified atom stereocenters.